The lowest BCUT2D eigenvalue weighted by molar-refractivity contribution is 0.0987. The molecule has 1 amide bonds. The summed E-state index contributed by atoms with van der Waals surface area (Å²) in [5, 5.41) is 8.87. The van der Waals surface area contributed by atoms with Crippen LogP contribution in [0.25, 0.3) is 0 Å². The van der Waals surface area contributed by atoms with Crippen molar-refractivity contribution in [3.63, 3.8) is 0 Å². The molecule has 2 rings (SSSR count). The number of β-amino-alcohol motifs (C(OH)–C–C–N with tert-alkyl or cyclic N) is 1. The summed E-state index contributed by atoms with van der Waals surface area (Å²) < 4.78 is 1.77. The zero-order valence-electron chi connectivity index (χ0n) is 9.31. The van der Waals surface area contributed by atoms with Gasteiger partial charge in [-0.1, -0.05) is 0 Å². The minimum Gasteiger partial charge on any atom is -0.395 e. The van der Waals surface area contributed by atoms with Gasteiger partial charge < -0.3 is 15.4 Å². The lowest BCUT2D eigenvalue weighted by atomic mass is 10.1. The molecular weight excluding hydrogens is 208 g/mol. The van der Waals surface area contributed by atoms with Gasteiger partial charge in [0.15, 0.2) is 5.82 Å². The van der Waals surface area contributed by atoms with Gasteiger partial charge in [-0.2, -0.15) is 0 Å². The molecule has 0 aromatic carbocycles. The van der Waals surface area contributed by atoms with Crippen LogP contribution in [0.3, 0.4) is 0 Å². The molecule has 1 aliphatic heterocycles. The molecular formula is C10H16N4O2. The van der Waals surface area contributed by atoms with Gasteiger partial charge in [-0.25, -0.2) is 4.98 Å². The van der Waals surface area contributed by atoms with E-state index in [4.69, 9.17) is 10.8 Å². The first-order valence-corrected chi connectivity index (χ1v) is 5.31. The Morgan fingerprint density at radius 3 is 3.00 bits per heavy atom. The highest BCUT2D eigenvalue weighted by molar-refractivity contribution is 5.89. The Morgan fingerprint density at radius 2 is 2.38 bits per heavy atom. The molecule has 0 unspecified atom stereocenters. The molecule has 6 nitrogen and oxygen atoms in total. The van der Waals surface area contributed by atoms with Crippen LogP contribution < -0.4 is 5.73 Å². The van der Waals surface area contributed by atoms with E-state index in [0.717, 1.165) is 24.4 Å². The van der Waals surface area contributed by atoms with Gasteiger partial charge in [0.05, 0.1) is 12.3 Å². The summed E-state index contributed by atoms with van der Waals surface area (Å²) in [6.45, 7) is 2.34. The van der Waals surface area contributed by atoms with Gasteiger partial charge in [-0.05, 0) is 0 Å². The van der Waals surface area contributed by atoms with Crippen molar-refractivity contribution in [3.8, 4) is 0 Å². The highest BCUT2D eigenvalue weighted by atomic mass is 16.3. The fourth-order valence-electron chi connectivity index (χ4n) is 2.13. The maximum absolute atomic E-state index is 11.1. The van der Waals surface area contributed by atoms with Gasteiger partial charge in [-0.15, -0.1) is 0 Å². The maximum atomic E-state index is 11.1. The van der Waals surface area contributed by atoms with E-state index in [0.29, 0.717) is 18.9 Å². The number of aliphatic hydroxyl groups excluding tert-OH is 1. The number of hydrogen-bond acceptors (Lipinski definition) is 4. The van der Waals surface area contributed by atoms with Crippen LogP contribution >= 0.6 is 0 Å². The maximum Gasteiger partial charge on any atom is 0.284 e. The quantitative estimate of drug-likeness (QED) is 0.680. The van der Waals surface area contributed by atoms with Crippen LogP contribution in [0.1, 0.15) is 22.0 Å². The summed E-state index contributed by atoms with van der Waals surface area (Å²) in [4.78, 5) is 17.5. The van der Waals surface area contributed by atoms with Gasteiger partial charge in [0.25, 0.3) is 5.91 Å². The molecule has 3 N–H and O–H groups in total. The van der Waals surface area contributed by atoms with Crippen molar-refractivity contribution in [2.75, 3.05) is 19.7 Å². The highest BCUT2D eigenvalue weighted by Gasteiger charge is 2.23. The molecule has 88 valence electrons. The fraction of sp³-hybridized carbons (Fsp3) is 0.600. The predicted octanol–water partition coefficient (Wildman–Crippen LogP) is -1.13. The van der Waals surface area contributed by atoms with E-state index in [9.17, 15) is 4.79 Å². The number of aliphatic hydroxyl groups is 1. The smallest absolute Gasteiger partial charge is 0.284 e. The third-order valence-electron chi connectivity index (χ3n) is 2.97. The number of hydrogen-bond donors (Lipinski definition) is 2. The van der Waals surface area contributed by atoms with Gasteiger partial charge in [0.2, 0.25) is 0 Å². The van der Waals surface area contributed by atoms with Crippen LogP contribution in [0, 0.1) is 0 Å². The van der Waals surface area contributed by atoms with Crippen LogP contribution in [-0.4, -0.2) is 45.2 Å². The number of rotatable bonds is 3. The molecule has 1 aliphatic rings. The summed E-state index contributed by atoms with van der Waals surface area (Å²) >= 11 is 0. The average molecular weight is 224 g/mol. The fourth-order valence-corrected chi connectivity index (χ4v) is 2.13. The molecule has 16 heavy (non-hydrogen) atoms. The van der Waals surface area contributed by atoms with Crippen LogP contribution in [-0.2, 0) is 20.0 Å². The first-order chi connectivity index (χ1) is 7.63. The first-order valence-electron chi connectivity index (χ1n) is 5.31. The molecule has 0 aliphatic carbocycles. The lowest BCUT2D eigenvalue weighted by Crippen LogP contribution is -2.33. The van der Waals surface area contributed by atoms with Crippen molar-refractivity contribution in [2.24, 2.45) is 12.8 Å². The summed E-state index contributed by atoms with van der Waals surface area (Å²) in [5.41, 5.74) is 7.22. The number of nitrogens with two attached hydrogens (primary N) is 1. The molecule has 6 heteroatoms. The predicted molar refractivity (Wildman–Crippen MR) is 57.8 cm³/mol. The molecule has 0 saturated carbocycles. The largest absolute Gasteiger partial charge is 0.395 e. The highest BCUT2D eigenvalue weighted by Crippen LogP contribution is 2.18. The van der Waals surface area contributed by atoms with E-state index in [1.165, 1.54) is 0 Å². The number of aromatic nitrogens is 2. The van der Waals surface area contributed by atoms with Crippen LogP contribution in [0.2, 0.25) is 0 Å². The van der Waals surface area contributed by atoms with Gasteiger partial charge >= 0.3 is 0 Å². The molecule has 0 spiro atoms. The standard InChI is InChI=1S/C10H16N4O2/c1-13-8-2-3-14(4-5-15)6-7(8)12-10(13)9(11)16/h15H,2-6H2,1H3,(H2,11,16). The number of imidazole rings is 1. The molecule has 0 fully saturated rings. The van der Waals surface area contributed by atoms with Crippen LogP contribution in [0.5, 0.6) is 0 Å². The Balaban J connectivity index is 2.26. The van der Waals surface area contributed by atoms with E-state index < -0.39 is 5.91 Å². The first kappa shape index (κ1) is 11.1. The third-order valence-corrected chi connectivity index (χ3v) is 2.97. The van der Waals surface area contributed by atoms with Crippen molar-refractivity contribution < 1.29 is 9.90 Å². The lowest BCUT2D eigenvalue weighted by Gasteiger charge is -2.25. The molecule has 0 radical (unpaired) electrons. The molecule has 0 atom stereocenters. The minimum absolute atomic E-state index is 0.144. The summed E-state index contributed by atoms with van der Waals surface area (Å²) in [7, 11) is 1.81. The zero-order chi connectivity index (χ0) is 11.7. The Kier molecular flexibility index (Phi) is 2.93. The second-order valence-electron chi connectivity index (χ2n) is 4.00. The molecule has 2 heterocycles. The second kappa shape index (κ2) is 4.23. The Morgan fingerprint density at radius 1 is 1.62 bits per heavy atom. The number of carbonyl (C=O) groups is 1. The average Bonchev–Trinajstić information content (AvgIpc) is 2.56. The molecule has 0 bridgehead atoms. The summed E-state index contributed by atoms with van der Waals surface area (Å²) in [5.74, 6) is -0.179. The van der Waals surface area contributed by atoms with Gasteiger partial charge in [-0.3, -0.25) is 9.69 Å². The molecule has 0 saturated heterocycles. The van der Waals surface area contributed by atoms with Crippen molar-refractivity contribution in [2.45, 2.75) is 13.0 Å². The topological polar surface area (TPSA) is 84.4 Å². The van der Waals surface area contributed by atoms with Gasteiger partial charge in [0.1, 0.15) is 0 Å². The molecule has 1 aromatic rings. The Hall–Kier alpha value is -1.40. The van der Waals surface area contributed by atoms with Gasteiger partial charge in [0, 0.05) is 38.8 Å². The van der Waals surface area contributed by atoms with E-state index in [2.05, 4.69) is 9.88 Å². The Bertz CT molecular complexity index is 413. The second-order valence-corrected chi connectivity index (χ2v) is 4.00. The summed E-state index contributed by atoms with van der Waals surface area (Å²) in [6.07, 6.45) is 0.839. The van der Waals surface area contributed by atoms with E-state index >= 15 is 0 Å². The monoisotopic (exact) mass is 224 g/mol. The Labute approximate surface area is 93.7 Å². The van der Waals surface area contributed by atoms with Crippen molar-refractivity contribution in [1.82, 2.24) is 14.5 Å². The normalized spacial score (nSPS) is 16.1. The number of fused-ring (bicyclic) bond motifs is 1. The van der Waals surface area contributed by atoms with E-state index in [-0.39, 0.29) is 6.61 Å². The zero-order valence-corrected chi connectivity index (χ0v) is 9.31. The SMILES string of the molecule is Cn1c(C(N)=O)nc2c1CCN(CCO)C2. The number of amides is 1. The molecule has 1 aromatic heterocycles. The van der Waals surface area contributed by atoms with Crippen LogP contribution in [0.4, 0.5) is 0 Å². The van der Waals surface area contributed by atoms with Crippen molar-refractivity contribution in [3.05, 3.63) is 17.2 Å². The summed E-state index contributed by atoms with van der Waals surface area (Å²) in [6, 6.07) is 0. The third kappa shape index (κ3) is 1.81. The van der Waals surface area contributed by atoms with E-state index in [1.54, 1.807) is 4.57 Å². The van der Waals surface area contributed by atoms with Crippen LogP contribution in [0.15, 0.2) is 0 Å². The van der Waals surface area contributed by atoms with Crippen molar-refractivity contribution >= 4 is 5.91 Å². The number of primary amides is 1. The van der Waals surface area contributed by atoms with E-state index in [1.807, 2.05) is 7.05 Å². The van der Waals surface area contributed by atoms with Crippen molar-refractivity contribution in [1.29, 1.82) is 0 Å². The number of carbonyl (C=O) groups excluding carboxylic acids is 1. The minimum atomic E-state index is -0.495. The number of nitrogens with zero attached hydrogens (tertiary/aromatic N) is 3.